The molecule has 0 radical (unpaired) electrons. The van der Waals surface area contributed by atoms with E-state index in [0.29, 0.717) is 18.3 Å². The molecule has 4 saturated carbocycles. The molecular formula is C43H70O13. The van der Waals surface area contributed by atoms with Crippen molar-refractivity contribution in [3.05, 3.63) is 11.6 Å². The molecule has 13 heteroatoms. The number of methoxy groups -OCH3 is 1. The van der Waals surface area contributed by atoms with E-state index in [-0.39, 0.29) is 39.1 Å². The average molecular weight is 795 g/mol. The fourth-order valence-electron chi connectivity index (χ4n) is 13.8. The Morgan fingerprint density at radius 3 is 2.11 bits per heavy atom. The first-order chi connectivity index (χ1) is 26.0. The third-order valence-electron chi connectivity index (χ3n) is 17.5. The lowest BCUT2D eigenvalue weighted by molar-refractivity contribution is -0.374. The Bertz CT molecular complexity index is 1520. The lowest BCUT2D eigenvalue weighted by Crippen LogP contribution is -2.67. The minimum Gasteiger partial charge on any atom is -0.467 e. The Kier molecular flexibility index (Phi) is 11.1. The maximum absolute atomic E-state index is 12.8. The summed E-state index contributed by atoms with van der Waals surface area (Å²) < 4.78 is 29.3. The van der Waals surface area contributed by atoms with Crippen LogP contribution in [0.4, 0.5) is 0 Å². The fraction of sp³-hybridized carbons (Fsp3) is 0.930. The second-order valence-corrected chi connectivity index (χ2v) is 21.2. The van der Waals surface area contributed by atoms with Gasteiger partial charge in [-0.1, -0.05) is 67.0 Å². The number of fused-ring (bicyclic) bond motifs is 7. The summed E-state index contributed by atoms with van der Waals surface area (Å²) in [7, 11) is 1.15. The maximum atomic E-state index is 12.8. The van der Waals surface area contributed by atoms with Crippen LogP contribution in [0, 0.1) is 50.2 Å². The van der Waals surface area contributed by atoms with Gasteiger partial charge in [0.25, 0.3) is 0 Å². The highest BCUT2D eigenvalue weighted by atomic mass is 16.8. The number of aliphatic hydroxyl groups is 7. The van der Waals surface area contributed by atoms with Gasteiger partial charge in [0, 0.05) is 5.41 Å². The second kappa shape index (κ2) is 14.5. The van der Waals surface area contributed by atoms with Gasteiger partial charge in [-0.25, -0.2) is 4.79 Å². The standard InChI is InChI=1S/C43H70O13/c1-38(2)18-22-21-10-11-25-41(6)14-13-27(39(3,4)24(41)12-15-43(25,8)42(21,7)17-16-40(22,5)26(45)19-38)54-37-34(31(49)30(48)33(55-37)35(51)52-9)56-36-32(50)29(47)28(46)23(20-44)53-36/h10,22-34,36-37,44-50H,11-20H2,1-9H3/t22-,23+,24-,25+,26+,27-,28-,29-,30-,31-,32+,33-,34+,36-,37+,40+,41-,42+,43+/m0/s1. The van der Waals surface area contributed by atoms with E-state index in [0.717, 1.165) is 58.5 Å². The van der Waals surface area contributed by atoms with Crippen LogP contribution in [0.5, 0.6) is 0 Å². The average Bonchev–Trinajstić information content (AvgIpc) is 3.13. The van der Waals surface area contributed by atoms with Crippen molar-refractivity contribution in [2.45, 2.75) is 187 Å². The van der Waals surface area contributed by atoms with Gasteiger partial charge in [0.15, 0.2) is 18.7 Å². The van der Waals surface area contributed by atoms with Crippen molar-refractivity contribution < 1.29 is 64.2 Å². The minimum atomic E-state index is -1.79. The van der Waals surface area contributed by atoms with Crippen LogP contribution in [-0.4, -0.2) is 129 Å². The number of aliphatic hydroxyl groups excluding tert-OH is 7. The number of carbonyl (C=O) groups excluding carboxylic acids is 1. The SMILES string of the molecule is COC(=O)[C@H]1O[C@@H](O[C@H]2CC[C@]3(C)[C@H]4CC=C5[C@@H]6CC(C)(C)C[C@@H](O)[C@]6(C)CC[C@@]5(C)[C@]4(C)CC[C@H]3C2(C)C)[C@H](O[C@@H]2O[C@H](CO)[C@H](O)[C@H](O)[C@H]2O)[C@@H](O)[C@@H]1O. The van der Waals surface area contributed by atoms with Crippen LogP contribution in [0.25, 0.3) is 0 Å². The van der Waals surface area contributed by atoms with Crippen LogP contribution in [0.15, 0.2) is 11.6 Å². The van der Waals surface area contributed by atoms with E-state index in [4.69, 9.17) is 23.7 Å². The predicted octanol–water partition coefficient (Wildman–Crippen LogP) is 2.97. The van der Waals surface area contributed by atoms with Gasteiger partial charge < -0.3 is 59.4 Å². The molecule has 7 rings (SSSR count). The van der Waals surface area contributed by atoms with Gasteiger partial charge in [0.2, 0.25) is 0 Å². The zero-order valence-corrected chi connectivity index (χ0v) is 34.9. The van der Waals surface area contributed by atoms with Gasteiger partial charge in [-0.3, -0.25) is 0 Å². The highest BCUT2D eigenvalue weighted by molar-refractivity contribution is 5.75. The Labute approximate surface area is 332 Å². The largest absolute Gasteiger partial charge is 0.467 e. The summed E-state index contributed by atoms with van der Waals surface area (Å²) in [5.41, 5.74) is 1.19. The number of hydrogen-bond donors (Lipinski definition) is 7. The van der Waals surface area contributed by atoms with Crippen LogP contribution in [-0.2, 0) is 28.5 Å². The van der Waals surface area contributed by atoms with Crippen molar-refractivity contribution in [1.29, 1.82) is 0 Å². The molecule has 2 aliphatic heterocycles. The summed E-state index contributed by atoms with van der Waals surface area (Å²) in [5.74, 6) is 0.115. The van der Waals surface area contributed by atoms with Gasteiger partial charge >= 0.3 is 5.97 Å². The summed E-state index contributed by atoms with van der Waals surface area (Å²) in [4.78, 5) is 12.8. The molecule has 6 fully saturated rings. The second-order valence-electron chi connectivity index (χ2n) is 21.2. The minimum absolute atomic E-state index is 0.0173. The highest BCUT2D eigenvalue weighted by Crippen LogP contribution is 2.76. The summed E-state index contributed by atoms with van der Waals surface area (Å²) in [5, 5.41) is 75.3. The van der Waals surface area contributed by atoms with Crippen LogP contribution in [0.3, 0.4) is 0 Å². The molecule has 7 N–H and O–H groups in total. The normalized spacial score (nSPS) is 53.7. The molecule has 0 bridgehead atoms. The van der Waals surface area contributed by atoms with Crippen molar-refractivity contribution in [2.75, 3.05) is 13.7 Å². The number of hydrogen-bond acceptors (Lipinski definition) is 13. The van der Waals surface area contributed by atoms with Gasteiger partial charge in [-0.05, 0) is 103 Å². The van der Waals surface area contributed by atoms with Crippen LogP contribution >= 0.6 is 0 Å². The van der Waals surface area contributed by atoms with E-state index >= 15 is 0 Å². The van der Waals surface area contributed by atoms with E-state index in [1.165, 1.54) is 0 Å². The van der Waals surface area contributed by atoms with Crippen molar-refractivity contribution in [2.24, 2.45) is 50.2 Å². The zero-order chi connectivity index (χ0) is 41.1. The molecule has 5 aliphatic carbocycles. The molecule has 0 aromatic carbocycles. The molecule has 19 atom stereocenters. The molecule has 2 heterocycles. The molecule has 0 amide bonds. The predicted molar refractivity (Wildman–Crippen MR) is 202 cm³/mol. The molecule has 2 saturated heterocycles. The summed E-state index contributed by atoms with van der Waals surface area (Å²) in [6.45, 7) is 18.2. The topological polar surface area (TPSA) is 205 Å². The van der Waals surface area contributed by atoms with E-state index < -0.39 is 85.5 Å². The molecule has 56 heavy (non-hydrogen) atoms. The van der Waals surface area contributed by atoms with Gasteiger partial charge in [0.1, 0.15) is 42.7 Å². The van der Waals surface area contributed by atoms with E-state index in [1.807, 2.05) is 0 Å². The van der Waals surface area contributed by atoms with Crippen molar-refractivity contribution >= 4 is 5.97 Å². The Morgan fingerprint density at radius 1 is 0.750 bits per heavy atom. The molecule has 0 spiro atoms. The first-order valence-electron chi connectivity index (χ1n) is 21.1. The first-order valence-corrected chi connectivity index (χ1v) is 21.1. The monoisotopic (exact) mass is 794 g/mol. The maximum Gasteiger partial charge on any atom is 0.337 e. The zero-order valence-electron chi connectivity index (χ0n) is 34.9. The lowest BCUT2D eigenvalue weighted by Gasteiger charge is -2.71. The number of rotatable bonds is 6. The molecule has 0 aromatic heterocycles. The third-order valence-corrected chi connectivity index (χ3v) is 17.5. The van der Waals surface area contributed by atoms with Crippen LogP contribution < -0.4 is 0 Å². The smallest absolute Gasteiger partial charge is 0.337 e. The fourth-order valence-corrected chi connectivity index (χ4v) is 13.8. The number of ether oxygens (including phenoxy) is 5. The number of esters is 1. The summed E-state index contributed by atoms with van der Waals surface area (Å²) in [6.07, 6.45) is -5.73. The van der Waals surface area contributed by atoms with Gasteiger partial charge in [-0.2, -0.15) is 0 Å². The van der Waals surface area contributed by atoms with Crippen molar-refractivity contribution in [3.63, 3.8) is 0 Å². The third kappa shape index (κ3) is 6.31. The highest BCUT2D eigenvalue weighted by Gasteiger charge is 2.69. The molecule has 13 nitrogen and oxygen atoms in total. The molecular weight excluding hydrogens is 724 g/mol. The van der Waals surface area contributed by atoms with Gasteiger partial charge in [0.05, 0.1) is 25.9 Å². The van der Waals surface area contributed by atoms with E-state index in [2.05, 4.69) is 61.5 Å². The van der Waals surface area contributed by atoms with E-state index in [9.17, 15) is 40.5 Å². The van der Waals surface area contributed by atoms with Crippen molar-refractivity contribution in [1.82, 2.24) is 0 Å². The van der Waals surface area contributed by atoms with Crippen LogP contribution in [0.2, 0.25) is 0 Å². The van der Waals surface area contributed by atoms with Gasteiger partial charge in [-0.15, -0.1) is 0 Å². The Hall–Kier alpha value is -1.23. The number of allylic oxidation sites excluding steroid dienone is 2. The molecule has 0 aromatic rings. The first kappa shape index (κ1) is 42.9. The quantitative estimate of drug-likeness (QED) is 0.118. The number of carbonyl (C=O) groups is 1. The molecule has 320 valence electrons. The molecule has 7 aliphatic rings. The van der Waals surface area contributed by atoms with E-state index in [1.54, 1.807) is 5.57 Å². The molecule has 0 unspecified atom stereocenters. The van der Waals surface area contributed by atoms with Crippen LogP contribution in [0.1, 0.15) is 113 Å². The summed E-state index contributed by atoms with van der Waals surface area (Å²) in [6, 6.07) is 0. The summed E-state index contributed by atoms with van der Waals surface area (Å²) >= 11 is 0. The Balaban J connectivity index is 1.16. The lowest BCUT2D eigenvalue weighted by atomic mass is 9.33. The van der Waals surface area contributed by atoms with Crippen molar-refractivity contribution in [3.8, 4) is 0 Å². The Morgan fingerprint density at radius 2 is 1.45 bits per heavy atom.